The lowest BCUT2D eigenvalue weighted by Crippen LogP contribution is -2.14. The van der Waals surface area contributed by atoms with Crippen LogP contribution in [0, 0.1) is 11.8 Å². The van der Waals surface area contributed by atoms with Crippen LogP contribution < -0.4 is 10.1 Å². The van der Waals surface area contributed by atoms with E-state index in [1.54, 1.807) is 7.11 Å². The van der Waals surface area contributed by atoms with Gasteiger partial charge in [-0.05, 0) is 19.1 Å². The number of hydrogen-bond acceptors (Lipinski definition) is 3. The molecule has 0 aliphatic heterocycles. The zero-order valence-corrected chi connectivity index (χ0v) is 10.7. The summed E-state index contributed by atoms with van der Waals surface area (Å²) in [5.41, 5.74) is 1.89. The van der Waals surface area contributed by atoms with Crippen molar-refractivity contribution in [1.29, 1.82) is 0 Å². The molecule has 0 saturated heterocycles. The predicted molar refractivity (Wildman–Crippen MR) is 73.5 cm³/mol. The first-order valence-electron chi connectivity index (χ1n) is 5.88. The van der Waals surface area contributed by atoms with E-state index in [4.69, 9.17) is 4.74 Å². The average Bonchev–Trinajstić information content (AvgIpc) is 2.43. The molecular weight excluding hydrogens is 224 g/mol. The van der Waals surface area contributed by atoms with Crippen LogP contribution in [0.2, 0.25) is 0 Å². The molecule has 0 saturated carbocycles. The highest BCUT2D eigenvalue weighted by Crippen LogP contribution is 2.23. The van der Waals surface area contributed by atoms with Gasteiger partial charge in [0.25, 0.3) is 0 Å². The highest BCUT2D eigenvalue weighted by Gasteiger charge is 2.03. The molecule has 0 aliphatic carbocycles. The normalized spacial score (nSPS) is 9.89. The molecule has 18 heavy (non-hydrogen) atoms. The largest absolute Gasteiger partial charge is 0.494 e. The lowest BCUT2D eigenvalue weighted by atomic mass is 10.2. The second-order valence-corrected chi connectivity index (χ2v) is 3.86. The van der Waals surface area contributed by atoms with Crippen LogP contribution in [0.4, 0.5) is 0 Å². The number of methoxy groups -OCH3 is 1. The van der Waals surface area contributed by atoms with E-state index in [9.17, 15) is 0 Å². The van der Waals surface area contributed by atoms with Crippen molar-refractivity contribution < 1.29 is 4.74 Å². The van der Waals surface area contributed by atoms with Crippen molar-refractivity contribution in [2.45, 2.75) is 13.5 Å². The van der Waals surface area contributed by atoms with Crippen LogP contribution in [-0.2, 0) is 6.54 Å². The third kappa shape index (κ3) is 2.79. The lowest BCUT2D eigenvalue weighted by Gasteiger charge is -2.06. The zero-order valence-electron chi connectivity index (χ0n) is 10.7. The van der Waals surface area contributed by atoms with E-state index in [0.717, 1.165) is 22.3 Å². The molecule has 0 atom stereocenters. The first-order valence-corrected chi connectivity index (χ1v) is 5.88. The van der Waals surface area contributed by atoms with Crippen molar-refractivity contribution in [1.82, 2.24) is 10.3 Å². The highest BCUT2D eigenvalue weighted by atomic mass is 16.5. The molecule has 2 rings (SSSR count). The van der Waals surface area contributed by atoms with Crippen LogP contribution in [0.1, 0.15) is 12.6 Å². The van der Waals surface area contributed by atoms with Crippen LogP contribution in [0.3, 0.4) is 0 Å². The molecule has 1 heterocycles. The van der Waals surface area contributed by atoms with Crippen LogP contribution in [0.5, 0.6) is 5.75 Å². The molecule has 0 spiro atoms. The Bertz CT molecular complexity index is 596. The number of aromatic nitrogens is 1. The Morgan fingerprint density at radius 1 is 1.28 bits per heavy atom. The van der Waals surface area contributed by atoms with Crippen molar-refractivity contribution in [2.75, 3.05) is 13.7 Å². The van der Waals surface area contributed by atoms with Crippen LogP contribution >= 0.6 is 0 Å². The minimum absolute atomic E-state index is 0.683. The second-order valence-electron chi connectivity index (χ2n) is 3.86. The van der Waals surface area contributed by atoms with E-state index in [2.05, 4.69) is 28.2 Å². The molecule has 1 aromatic carbocycles. The Hall–Kier alpha value is -2.05. The summed E-state index contributed by atoms with van der Waals surface area (Å²) in [7, 11) is 1.66. The topological polar surface area (TPSA) is 34.1 Å². The molecule has 1 aromatic heterocycles. The molecule has 0 unspecified atom stereocenters. The molecule has 3 nitrogen and oxygen atoms in total. The number of nitrogens with one attached hydrogen (secondary N) is 1. The van der Waals surface area contributed by atoms with Gasteiger partial charge in [-0.15, -0.1) is 5.92 Å². The smallest absolute Gasteiger partial charge is 0.145 e. The molecule has 0 fully saturated rings. The van der Waals surface area contributed by atoms with Crippen molar-refractivity contribution in [3.63, 3.8) is 0 Å². The number of nitrogens with zero attached hydrogens (tertiary/aromatic N) is 1. The quantitative estimate of drug-likeness (QED) is 0.658. The molecular formula is C15H16N2O. The molecule has 0 radical (unpaired) electrons. The lowest BCUT2D eigenvalue weighted by molar-refractivity contribution is 0.419. The van der Waals surface area contributed by atoms with Crippen molar-refractivity contribution in [3.8, 4) is 17.6 Å². The van der Waals surface area contributed by atoms with Gasteiger partial charge in [0.1, 0.15) is 11.3 Å². The van der Waals surface area contributed by atoms with Gasteiger partial charge in [-0.2, -0.15) is 0 Å². The Morgan fingerprint density at radius 3 is 2.94 bits per heavy atom. The SMILES string of the molecule is CC#CCNCc1ccc2cccc(OC)c2n1. The molecule has 2 aromatic rings. The van der Waals surface area contributed by atoms with E-state index in [1.165, 1.54) is 0 Å². The third-order valence-corrected chi connectivity index (χ3v) is 2.66. The number of rotatable bonds is 4. The maximum atomic E-state index is 5.32. The molecule has 1 N–H and O–H groups in total. The van der Waals surface area contributed by atoms with Gasteiger partial charge in [0.2, 0.25) is 0 Å². The van der Waals surface area contributed by atoms with Gasteiger partial charge >= 0.3 is 0 Å². The van der Waals surface area contributed by atoms with Gasteiger partial charge in [0.05, 0.1) is 19.3 Å². The number of para-hydroxylation sites is 1. The summed E-state index contributed by atoms with van der Waals surface area (Å²) < 4.78 is 5.32. The van der Waals surface area contributed by atoms with Gasteiger partial charge in [0.15, 0.2) is 0 Å². The molecule has 0 amide bonds. The van der Waals surface area contributed by atoms with Crippen LogP contribution in [0.25, 0.3) is 10.9 Å². The summed E-state index contributed by atoms with van der Waals surface area (Å²) in [5.74, 6) is 6.62. The first kappa shape index (κ1) is 12.4. The molecule has 92 valence electrons. The summed E-state index contributed by atoms with van der Waals surface area (Å²) in [4.78, 5) is 4.61. The van der Waals surface area contributed by atoms with Crippen LogP contribution in [0.15, 0.2) is 30.3 Å². The Labute approximate surface area is 107 Å². The Kier molecular flexibility index (Phi) is 4.16. The Balaban J connectivity index is 2.22. The van der Waals surface area contributed by atoms with E-state index in [-0.39, 0.29) is 0 Å². The van der Waals surface area contributed by atoms with Gasteiger partial charge in [-0.25, -0.2) is 4.98 Å². The summed E-state index contributed by atoms with van der Waals surface area (Å²) in [6, 6.07) is 10.0. The summed E-state index contributed by atoms with van der Waals surface area (Å²) >= 11 is 0. The summed E-state index contributed by atoms with van der Waals surface area (Å²) in [6.07, 6.45) is 0. The van der Waals surface area contributed by atoms with E-state index in [0.29, 0.717) is 13.1 Å². The average molecular weight is 240 g/mol. The minimum atomic E-state index is 0.683. The summed E-state index contributed by atoms with van der Waals surface area (Å²) in [6.45, 7) is 3.23. The Morgan fingerprint density at radius 2 is 2.17 bits per heavy atom. The standard InChI is InChI=1S/C15H16N2O/c1-3-4-10-16-11-13-9-8-12-6-5-7-14(18-2)15(12)17-13/h5-9,16H,10-11H2,1-2H3. The molecule has 3 heteroatoms. The number of benzene rings is 1. The van der Waals surface area contributed by atoms with Gasteiger partial charge in [-0.3, -0.25) is 0 Å². The maximum Gasteiger partial charge on any atom is 0.145 e. The molecule has 0 bridgehead atoms. The van der Waals surface area contributed by atoms with Gasteiger partial charge in [0, 0.05) is 11.9 Å². The van der Waals surface area contributed by atoms with Crippen molar-refractivity contribution in [3.05, 3.63) is 36.0 Å². The fourth-order valence-electron chi connectivity index (χ4n) is 1.76. The minimum Gasteiger partial charge on any atom is -0.494 e. The van der Waals surface area contributed by atoms with Crippen LogP contribution in [-0.4, -0.2) is 18.6 Å². The fraction of sp³-hybridized carbons (Fsp3) is 0.267. The van der Waals surface area contributed by atoms with Gasteiger partial charge < -0.3 is 10.1 Å². The molecule has 0 aliphatic rings. The highest BCUT2D eigenvalue weighted by molar-refractivity contribution is 5.84. The zero-order chi connectivity index (χ0) is 12.8. The number of ether oxygens (including phenoxy) is 1. The predicted octanol–water partition coefficient (Wildman–Crippen LogP) is 2.36. The van der Waals surface area contributed by atoms with E-state index < -0.39 is 0 Å². The van der Waals surface area contributed by atoms with Gasteiger partial charge in [-0.1, -0.05) is 24.1 Å². The number of pyridine rings is 1. The van der Waals surface area contributed by atoms with Crippen molar-refractivity contribution in [2.24, 2.45) is 0 Å². The third-order valence-electron chi connectivity index (χ3n) is 2.66. The van der Waals surface area contributed by atoms with E-state index in [1.807, 2.05) is 31.2 Å². The fourth-order valence-corrected chi connectivity index (χ4v) is 1.76. The first-order chi connectivity index (χ1) is 8.85. The van der Waals surface area contributed by atoms with E-state index >= 15 is 0 Å². The number of fused-ring (bicyclic) bond motifs is 1. The van der Waals surface area contributed by atoms with Crippen molar-refractivity contribution >= 4 is 10.9 Å². The second kappa shape index (κ2) is 6.04. The number of hydrogen-bond donors (Lipinski definition) is 1. The monoisotopic (exact) mass is 240 g/mol. The summed E-state index contributed by atoms with van der Waals surface area (Å²) in [5, 5.41) is 4.32. The maximum absolute atomic E-state index is 5.32.